The Morgan fingerprint density at radius 1 is 1.15 bits per heavy atom. The summed E-state index contributed by atoms with van der Waals surface area (Å²) in [6.45, 7) is 0. The van der Waals surface area contributed by atoms with Crippen LogP contribution in [0.3, 0.4) is 0 Å². The molecule has 0 saturated heterocycles. The van der Waals surface area contributed by atoms with Crippen LogP contribution >= 0.6 is 0 Å². The van der Waals surface area contributed by atoms with Crippen molar-refractivity contribution in [3.8, 4) is 11.5 Å². The molecular weight excluding hydrogens is 207 g/mol. The Bertz CT molecular complexity index is 399. The number of phenols is 2. The van der Waals surface area contributed by atoms with E-state index in [1.54, 1.807) is 0 Å². The average molecular weight is 214 g/mol. The van der Waals surface area contributed by atoms with Crippen LogP contribution in [0.25, 0.3) is 0 Å². The van der Waals surface area contributed by atoms with Crippen LogP contribution in [0, 0.1) is 0 Å². The summed E-state index contributed by atoms with van der Waals surface area (Å²) in [6.07, 6.45) is 0. The summed E-state index contributed by atoms with van der Waals surface area (Å²) >= 11 is 0. The first-order chi connectivity index (χ1) is 5.43. The van der Waals surface area contributed by atoms with E-state index in [4.69, 9.17) is 14.8 Å². The van der Waals surface area contributed by atoms with E-state index in [0.29, 0.717) is 0 Å². The van der Waals surface area contributed by atoms with E-state index in [1.165, 1.54) is 6.07 Å². The van der Waals surface area contributed by atoms with Crippen LogP contribution in [-0.2, 0) is 10.1 Å². The van der Waals surface area contributed by atoms with Crippen molar-refractivity contribution in [2.24, 2.45) is 0 Å². The molecule has 1 aromatic rings. The van der Waals surface area contributed by atoms with Gasteiger partial charge in [0.25, 0.3) is 10.1 Å². The van der Waals surface area contributed by atoms with Crippen LogP contribution in [0.5, 0.6) is 11.5 Å². The Labute approximate surface area is 97.1 Å². The monoisotopic (exact) mass is 214 g/mol. The molecule has 0 unspecified atom stereocenters. The maximum atomic E-state index is 10.5. The Hall–Kier alpha value is -0.270. The molecule has 3 N–H and O–H groups in total. The van der Waals surface area contributed by atoms with Gasteiger partial charge in [0.1, 0.15) is 4.90 Å². The van der Waals surface area contributed by atoms with E-state index >= 15 is 0 Å². The Balaban J connectivity index is 0.00000144. The van der Waals surface area contributed by atoms with Gasteiger partial charge < -0.3 is 10.2 Å². The molecule has 0 fully saturated rings. The zero-order chi connectivity index (χ0) is 9.35. The van der Waals surface area contributed by atoms with Crippen molar-refractivity contribution in [2.75, 3.05) is 0 Å². The van der Waals surface area contributed by atoms with Gasteiger partial charge in [-0.25, -0.2) is 0 Å². The van der Waals surface area contributed by atoms with Gasteiger partial charge in [0.05, 0.1) is 0 Å². The SMILES string of the molecule is O=S(=O)(O)c1cccc(O)c1O.[NaH]. The molecule has 1 rings (SSSR count). The van der Waals surface area contributed by atoms with Gasteiger partial charge in [-0.2, -0.15) is 8.42 Å². The molecule has 0 aliphatic carbocycles. The standard InChI is InChI=1S/C6H6O5S.Na.H/c7-4-2-1-3-5(6(4)8)12(9,10)11;;/h1-3,7-8H,(H,9,10,11);;. The van der Waals surface area contributed by atoms with Crippen molar-refractivity contribution < 1.29 is 23.2 Å². The first-order valence-electron chi connectivity index (χ1n) is 2.91. The summed E-state index contributed by atoms with van der Waals surface area (Å²) in [7, 11) is -4.47. The van der Waals surface area contributed by atoms with Gasteiger partial charge in [-0.3, -0.25) is 4.55 Å². The van der Waals surface area contributed by atoms with E-state index in [0.717, 1.165) is 12.1 Å². The van der Waals surface area contributed by atoms with E-state index < -0.39 is 26.5 Å². The topological polar surface area (TPSA) is 94.8 Å². The molecule has 0 spiro atoms. The maximum absolute atomic E-state index is 10.5. The number of phenolic OH excluding ortho intramolecular Hbond substituents is 2. The predicted octanol–water partition coefficient (Wildman–Crippen LogP) is -0.304. The van der Waals surface area contributed by atoms with Gasteiger partial charge in [-0.05, 0) is 12.1 Å². The van der Waals surface area contributed by atoms with Gasteiger partial charge >= 0.3 is 29.6 Å². The Morgan fingerprint density at radius 2 is 1.69 bits per heavy atom. The second kappa shape index (κ2) is 4.30. The molecule has 0 saturated carbocycles. The van der Waals surface area contributed by atoms with E-state index in [2.05, 4.69) is 0 Å². The van der Waals surface area contributed by atoms with Gasteiger partial charge in [-0.1, -0.05) is 6.07 Å². The van der Waals surface area contributed by atoms with Crippen molar-refractivity contribution in [1.29, 1.82) is 0 Å². The molecule has 0 amide bonds. The third-order valence-electron chi connectivity index (χ3n) is 1.26. The fourth-order valence-electron chi connectivity index (χ4n) is 0.719. The fraction of sp³-hybridized carbons (Fsp3) is 0. The number of para-hydroxylation sites is 1. The molecule has 0 aliphatic rings. The van der Waals surface area contributed by atoms with Gasteiger partial charge in [0, 0.05) is 0 Å². The summed E-state index contributed by atoms with van der Waals surface area (Å²) in [5.74, 6) is -1.44. The first kappa shape index (κ1) is 12.7. The summed E-state index contributed by atoms with van der Waals surface area (Å²) in [5, 5.41) is 17.8. The second-order valence-corrected chi connectivity index (χ2v) is 3.49. The van der Waals surface area contributed by atoms with Crippen LogP contribution in [0.4, 0.5) is 0 Å². The third-order valence-corrected chi connectivity index (χ3v) is 2.14. The van der Waals surface area contributed by atoms with Crippen molar-refractivity contribution >= 4 is 39.7 Å². The van der Waals surface area contributed by atoms with E-state index in [9.17, 15) is 8.42 Å². The zero-order valence-electron chi connectivity index (χ0n) is 5.80. The van der Waals surface area contributed by atoms with Crippen molar-refractivity contribution in [3.63, 3.8) is 0 Å². The molecule has 0 heterocycles. The molecule has 0 atom stereocenters. The molecule has 0 aromatic heterocycles. The number of rotatable bonds is 1. The normalized spacial score (nSPS) is 10.5. The molecular formula is C6H7NaO5S. The number of hydrogen-bond acceptors (Lipinski definition) is 4. The molecule has 0 aliphatic heterocycles. The minimum absolute atomic E-state index is 0. The predicted molar refractivity (Wildman–Crippen MR) is 46.7 cm³/mol. The van der Waals surface area contributed by atoms with E-state index in [1.807, 2.05) is 0 Å². The quantitative estimate of drug-likeness (QED) is 0.339. The summed E-state index contributed by atoms with van der Waals surface area (Å²) < 4.78 is 29.5. The van der Waals surface area contributed by atoms with Crippen molar-refractivity contribution in [3.05, 3.63) is 18.2 Å². The van der Waals surface area contributed by atoms with Crippen LogP contribution in [0.15, 0.2) is 23.1 Å². The van der Waals surface area contributed by atoms with Gasteiger partial charge in [-0.15, -0.1) is 0 Å². The van der Waals surface area contributed by atoms with Gasteiger partial charge in [0.2, 0.25) is 0 Å². The molecule has 0 radical (unpaired) electrons. The summed E-state index contributed by atoms with van der Waals surface area (Å²) in [4.78, 5) is -0.706. The zero-order valence-corrected chi connectivity index (χ0v) is 6.61. The molecule has 13 heavy (non-hydrogen) atoms. The second-order valence-electron chi connectivity index (χ2n) is 2.10. The Kier molecular flexibility index (Phi) is 4.21. The number of hydrogen-bond donors (Lipinski definition) is 3. The number of benzene rings is 1. The van der Waals surface area contributed by atoms with E-state index in [-0.39, 0.29) is 29.6 Å². The third kappa shape index (κ3) is 2.85. The number of aromatic hydroxyl groups is 2. The van der Waals surface area contributed by atoms with Crippen LogP contribution in [-0.4, -0.2) is 52.7 Å². The molecule has 5 nitrogen and oxygen atoms in total. The van der Waals surface area contributed by atoms with Crippen LogP contribution in [0.1, 0.15) is 0 Å². The average Bonchev–Trinajstić information content (AvgIpc) is 1.92. The van der Waals surface area contributed by atoms with Crippen molar-refractivity contribution in [1.82, 2.24) is 0 Å². The summed E-state index contributed by atoms with van der Waals surface area (Å²) in [6, 6.07) is 3.27. The van der Waals surface area contributed by atoms with Crippen molar-refractivity contribution in [2.45, 2.75) is 4.90 Å². The summed E-state index contributed by atoms with van der Waals surface area (Å²) in [5.41, 5.74) is 0. The molecule has 0 bridgehead atoms. The molecule has 68 valence electrons. The fourth-order valence-corrected chi connectivity index (χ4v) is 1.32. The van der Waals surface area contributed by atoms with Crippen LogP contribution < -0.4 is 0 Å². The molecule has 1 aromatic carbocycles. The minimum atomic E-state index is -4.47. The molecule has 7 heteroatoms. The Morgan fingerprint density at radius 3 is 2.08 bits per heavy atom. The first-order valence-corrected chi connectivity index (χ1v) is 4.35. The van der Waals surface area contributed by atoms with Gasteiger partial charge in [0.15, 0.2) is 11.5 Å². The van der Waals surface area contributed by atoms with Crippen LogP contribution in [0.2, 0.25) is 0 Å².